The number of halogens is 6. The third-order valence-corrected chi connectivity index (χ3v) is 5.75. The van der Waals surface area contributed by atoms with Crippen LogP contribution in [0.5, 0.6) is 0 Å². The largest absolute Gasteiger partial charge is 0.416 e. The smallest absolute Gasteiger partial charge is 0.355 e. The Kier molecular flexibility index (Phi) is 8.12. The first-order valence-electron chi connectivity index (χ1n) is 11.1. The number of nitrogens with one attached hydrogen (secondary N) is 2. The van der Waals surface area contributed by atoms with E-state index in [0.717, 1.165) is 24.3 Å². The summed E-state index contributed by atoms with van der Waals surface area (Å²) in [7, 11) is 0. The average molecular weight is 513 g/mol. The SMILES string of the molecule is CC(C)[C@H](C)NC(=O)c1noc(-c2ccc(C(F)(F)F)cc2)c1CNCc1ccc(C(F)(F)F)cc1. The van der Waals surface area contributed by atoms with Gasteiger partial charge in [-0.05, 0) is 42.7 Å². The molecule has 3 rings (SSSR count). The highest BCUT2D eigenvalue weighted by molar-refractivity contribution is 5.95. The highest BCUT2D eigenvalue weighted by Gasteiger charge is 2.31. The van der Waals surface area contributed by atoms with Gasteiger partial charge in [-0.3, -0.25) is 4.79 Å². The minimum Gasteiger partial charge on any atom is -0.355 e. The zero-order valence-corrected chi connectivity index (χ0v) is 19.7. The molecule has 0 spiro atoms. The van der Waals surface area contributed by atoms with E-state index in [1.165, 1.54) is 24.3 Å². The minimum atomic E-state index is -4.51. The van der Waals surface area contributed by atoms with Crippen LogP contribution in [0.3, 0.4) is 0 Å². The number of carbonyl (C=O) groups is 1. The second-order valence-electron chi connectivity index (χ2n) is 8.72. The number of amides is 1. The lowest BCUT2D eigenvalue weighted by Crippen LogP contribution is -2.37. The van der Waals surface area contributed by atoms with Crippen LogP contribution in [0.1, 0.15) is 53.5 Å². The number of hydrogen-bond acceptors (Lipinski definition) is 4. The molecular weight excluding hydrogens is 488 g/mol. The van der Waals surface area contributed by atoms with Crippen molar-refractivity contribution in [3.8, 4) is 11.3 Å². The highest BCUT2D eigenvalue weighted by Crippen LogP contribution is 2.33. The Balaban J connectivity index is 1.85. The van der Waals surface area contributed by atoms with Gasteiger partial charge >= 0.3 is 12.4 Å². The number of carbonyl (C=O) groups excluding carboxylic acids is 1. The summed E-state index contributed by atoms with van der Waals surface area (Å²) in [6, 6.07) is 8.66. The van der Waals surface area contributed by atoms with Crippen LogP contribution in [-0.2, 0) is 25.4 Å². The predicted molar refractivity (Wildman–Crippen MR) is 121 cm³/mol. The summed E-state index contributed by atoms with van der Waals surface area (Å²) in [5.74, 6) is -0.257. The van der Waals surface area contributed by atoms with Crippen molar-refractivity contribution in [2.75, 3.05) is 0 Å². The molecule has 5 nitrogen and oxygen atoms in total. The molecule has 0 saturated heterocycles. The van der Waals surface area contributed by atoms with Crippen LogP contribution in [0.2, 0.25) is 0 Å². The molecule has 0 fully saturated rings. The Morgan fingerprint density at radius 3 is 1.89 bits per heavy atom. The standard InChI is InChI=1S/C25H25F6N3O2/c1-14(2)15(3)33-23(35)21-20(13-32-12-16-4-8-18(9-5-16)24(26,27)28)22(36-34-21)17-6-10-19(11-7-17)25(29,30)31/h4-11,14-15,32H,12-13H2,1-3H3,(H,33,35)/t15-/m0/s1. The number of aromatic nitrogens is 1. The summed E-state index contributed by atoms with van der Waals surface area (Å²) >= 11 is 0. The van der Waals surface area contributed by atoms with Crippen molar-refractivity contribution < 1.29 is 35.7 Å². The Bertz CT molecular complexity index is 1170. The number of nitrogens with zero attached hydrogens (tertiary/aromatic N) is 1. The number of benzene rings is 2. The van der Waals surface area contributed by atoms with E-state index in [-0.39, 0.29) is 42.1 Å². The fourth-order valence-electron chi connectivity index (χ4n) is 3.27. The first kappa shape index (κ1) is 27.3. The van der Waals surface area contributed by atoms with Crippen molar-refractivity contribution in [2.24, 2.45) is 5.92 Å². The van der Waals surface area contributed by atoms with Crippen LogP contribution >= 0.6 is 0 Å². The van der Waals surface area contributed by atoms with Crippen molar-refractivity contribution >= 4 is 5.91 Å². The topological polar surface area (TPSA) is 67.2 Å². The van der Waals surface area contributed by atoms with Gasteiger partial charge in [0, 0.05) is 30.3 Å². The first-order chi connectivity index (χ1) is 16.8. The Labute approximate surface area is 203 Å². The summed E-state index contributed by atoms with van der Waals surface area (Å²) in [5, 5.41) is 9.72. The molecule has 0 aliphatic heterocycles. The summed E-state index contributed by atoms with van der Waals surface area (Å²) in [5.41, 5.74) is -0.468. The van der Waals surface area contributed by atoms with Gasteiger partial charge in [0.15, 0.2) is 11.5 Å². The lowest BCUT2D eigenvalue weighted by molar-refractivity contribution is -0.138. The fourth-order valence-corrected chi connectivity index (χ4v) is 3.27. The van der Waals surface area contributed by atoms with Crippen LogP contribution in [0.15, 0.2) is 53.1 Å². The lowest BCUT2D eigenvalue weighted by atomic mass is 10.0. The summed E-state index contributed by atoms with van der Waals surface area (Å²) in [6.45, 7) is 5.86. The molecule has 1 aromatic heterocycles. The van der Waals surface area contributed by atoms with E-state index < -0.39 is 29.4 Å². The van der Waals surface area contributed by atoms with Crippen LogP contribution in [-0.4, -0.2) is 17.1 Å². The molecule has 36 heavy (non-hydrogen) atoms. The maximum absolute atomic E-state index is 13.0. The molecule has 0 unspecified atom stereocenters. The molecule has 1 heterocycles. The molecular formula is C25H25F6N3O2. The Hall–Kier alpha value is -3.34. The van der Waals surface area contributed by atoms with Crippen LogP contribution in [0.25, 0.3) is 11.3 Å². The normalized spacial score (nSPS) is 13.2. The van der Waals surface area contributed by atoms with Crippen molar-refractivity contribution in [3.05, 3.63) is 76.5 Å². The maximum atomic E-state index is 13.0. The van der Waals surface area contributed by atoms with Crippen molar-refractivity contribution in [1.82, 2.24) is 15.8 Å². The van der Waals surface area contributed by atoms with E-state index in [2.05, 4.69) is 15.8 Å². The molecule has 1 amide bonds. The zero-order valence-electron chi connectivity index (χ0n) is 19.7. The maximum Gasteiger partial charge on any atom is 0.416 e. The molecule has 0 saturated carbocycles. The van der Waals surface area contributed by atoms with E-state index in [4.69, 9.17) is 4.52 Å². The summed E-state index contributed by atoms with van der Waals surface area (Å²) in [4.78, 5) is 12.9. The van der Waals surface area contributed by atoms with E-state index >= 15 is 0 Å². The third-order valence-electron chi connectivity index (χ3n) is 5.75. The number of rotatable bonds is 8. The van der Waals surface area contributed by atoms with Crippen LogP contribution in [0, 0.1) is 5.92 Å². The second-order valence-corrected chi connectivity index (χ2v) is 8.72. The number of hydrogen-bond donors (Lipinski definition) is 2. The minimum absolute atomic E-state index is 0.0275. The van der Waals surface area contributed by atoms with Gasteiger partial charge in [-0.1, -0.05) is 43.3 Å². The Morgan fingerprint density at radius 2 is 1.39 bits per heavy atom. The van der Waals surface area contributed by atoms with Gasteiger partial charge < -0.3 is 15.2 Å². The monoisotopic (exact) mass is 513 g/mol. The van der Waals surface area contributed by atoms with E-state index in [1.54, 1.807) is 0 Å². The van der Waals surface area contributed by atoms with Gasteiger partial charge in [-0.15, -0.1) is 0 Å². The van der Waals surface area contributed by atoms with Gasteiger partial charge in [0.2, 0.25) is 0 Å². The van der Waals surface area contributed by atoms with Crippen LogP contribution < -0.4 is 10.6 Å². The molecule has 0 aliphatic carbocycles. The van der Waals surface area contributed by atoms with Gasteiger partial charge in [-0.2, -0.15) is 26.3 Å². The van der Waals surface area contributed by atoms with Gasteiger partial charge in [-0.25, -0.2) is 0 Å². The number of alkyl halides is 6. The third kappa shape index (κ3) is 6.66. The van der Waals surface area contributed by atoms with Crippen LogP contribution in [0.4, 0.5) is 26.3 Å². The molecule has 1 atom stereocenters. The van der Waals surface area contributed by atoms with E-state index in [1.807, 2.05) is 20.8 Å². The van der Waals surface area contributed by atoms with Crippen molar-refractivity contribution in [1.29, 1.82) is 0 Å². The van der Waals surface area contributed by atoms with Crippen molar-refractivity contribution in [3.63, 3.8) is 0 Å². The predicted octanol–water partition coefficient (Wildman–Crippen LogP) is 6.44. The van der Waals surface area contributed by atoms with Gasteiger partial charge in [0.05, 0.1) is 11.1 Å². The summed E-state index contributed by atoms with van der Waals surface area (Å²) < 4.78 is 82.6. The fraction of sp³-hybridized carbons (Fsp3) is 0.360. The first-order valence-corrected chi connectivity index (χ1v) is 11.1. The summed E-state index contributed by atoms with van der Waals surface area (Å²) in [6.07, 6.45) is -8.95. The molecule has 194 valence electrons. The Morgan fingerprint density at radius 1 is 0.861 bits per heavy atom. The van der Waals surface area contributed by atoms with E-state index in [0.29, 0.717) is 11.1 Å². The zero-order chi connectivity index (χ0) is 26.7. The molecule has 2 N–H and O–H groups in total. The van der Waals surface area contributed by atoms with Gasteiger partial charge in [0.25, 0.3) is 5.91 Å². The molecule has 0 radical (unpaired) electrons. The molecule has 0 aliphatic rings. The average Bonchev–Trinajstić information content (AvgIpc) is 3.22. The van der Waals surface area contributed by atoms with Crippen molar-refractivity contribution in [2.45, 2.75) is 52.3 Å². The lowest BCUT2D eigenvalue weighted by Gasteiger charge is -2.17. The highest BCUT2D eigenvalue weighted by atomic mass is 19.4. The molecule has 11 heteroatoms. The van der Waals surface area contributed by atoms with E-state index in [9.17, 15) is 31.1 Å². The molecule has 0 bridgehead atoms. The molecule has 2 aromatic carbocycles. The quantitative estimate of drug-likeness (QED) is 0.340. The second kappa shape index (κ2) is 10.7. The van der Waals surface area contributed by atoms with Gasteiger partial charge in [0.1, 0.15) is 0 Å². The molecule has 3 aromatic rings.